The molecule has 0 saturated carbocycles. The molecule has 102 valence electrons. The molecule has 0 bridgehead atoms. The molecule has 3 N–H and O–H groups in total. The minimum Gasteiger partial charge on any atom is -0.398 e. The lowest BCUT2D eigenvalue weighted by Crippen LogP contribution is -2.04. The van der Waals surface area contributed by atoms with Gasteiger partial charge in [-0.05, 0) is 46.3 Å². The van der Waals surface area contributed by atoms with E-state index in [-0.39, 0.29) is 6.61 Å². The summed E-state index contributed by atoms with van der Waals surface area (Å²) in [6.07, 6.45) is 0. The van der Waals surface area contributed by atoms with Gasteiger partial charge < -0.3 is 15.4 Å². The second-order valence-electron chi connectivity index (χ2n) is 4.54. The van der Waals surface area contributed by atoms with E-state index < -0.39 is 0 Å². The molecule has 2 aromatic carbocycles. The molecular weight excluding hydrogens is 318 g/mol. The third kappa shape index (κ3) is 2.19. The number of anilines is 1. The summed E-state index contributed by atoms with van der Waals surface area (Å²) in [6.45, 7) is 0.585. The van der Waals surface area contributed by atoms with Gasteiger partial charge in [0.2, 0.25) is 0 Å². The van der Waals surface area contributed by atoms with E-state index in [2.05, 4.69) is 20.9 Å². The van der Waals surface area contributed by atoms with Crippen LogP contribution in [-0.2, 0) is 6.54 Å². The highest BCUT2D eigenvalue weighted by Crippen LogP contribution is 2.29. The normalized spacial score (nSPS) is 11.1. The largest absolute Gasteiger partial charge is 0.398 e. The number of benzene rings is 2. The van der Waals surface area contributed by atoms with Crippen molar-refractivity contribution in [3.8, 4) is 11.4 Å². The molecule has 0 amide bonds. The number of aliphatic hydroxyl groups is 1. The molecule has 3 rings (SSSR count). The van der Waals surface area contributed by atoms with Crippen molar-refractivity contribution in [1.82, 2.24) is 9.55 Å². The zero-order valence-electron chi connectivity index (χ0n) is 10.8. The van der Waals surface area contributed by atoms with Crippen molar-refractivity contribution >= 4 is 32.7 Å². The number of fused-ring (bicyclic) bond motifs is 1. The minimum atomic E-state index is 0.0729. The fraction of sp³-hybridized carbons (Fsp3) is 0.133. The third-order valence-electron chi connectivity index (χ3n) is 3.24. The van der Waals surface area contributed by atoms with Crippen LogP contribution in [-0.4, -0.2) is 21.3 Å². The Morgan fingerprint density at radius 3 is 2.75 bits per heavy atom. The molecular formula is C15H14BrN3O. The van der Waals surface area contributed by atoms with Crippen LogP contribution >= 0.6 is 15.9 Å². The fourth-order valence-electron chi connectivity index (χ4n) is 2.29. The van der Waals surface area contributed by atoms with E-state index in [0.717, 1.165) is 26.9 Å². The van der Waals surface area contributed by atoms with Crippen LogP contribution in [0, 0.1) is 0 Å². The molecule has 0 spiro atoms. The highest BCUT2D eigenvalue weighted by molar-refractivity contribution is 9.10. The van der Waals surface area contributed by atoms with Crippen LogP contribution in [0.15, 0.2) is 46.9 Å². The Kier molecular flexibility index (Phi) is 3.46. The van der Waals surface area contributed by atoms with Crippen LogP contribution < -0.4 is 5.73 Å². The van der Waals surface area contributed by atoms with Gasteiger partial charge in [0.25, 0.3) is 0 Å². The number of para-hydroxylation sites is 2. The number of nitrogens with zero attached hydrogens (tertiary/aromatic N) is 2. The molecule has 0 atom stereocenters. The summed E-state index contributed by atoms with van der Waals surface area (Å²) in [7, 11) is 0. The summed E-state index contributed by atoms with van der Waals surface area (Å²) in [5, 5.41) is 9.29. The standard InChI is InChI=1S/C15H14BrN3O/c16-11-9-10(5-6-12(11)17)15-18-13-3-1-2-4-14(13)19(15)7-8-20/h1-6,9,20H,7-8,17H2. The molecule has 4 nitrogen and oxygen atoms in total. The zero-order valence-corrected chi connectivity index (χ0v) is 12.3. The molecule has 3 aromatic rings. The maximum Gasteiger partial charge on any atom is 0.141 e. The van der Waals surface area contributed by atoms with Crippen molar-refractivity contribution in [3.63, 3.8) is 0 Å². The predicted octanol–water partition coefficient (Wildman–Crippen LogP) is 3.04. The number of rotatable bonds is 3. The predicted molar refractivity (Wildman–Crippen MR) is 84.4 cm³/mol. The van der Waals surface area contributed by atoms with Gasteiger partial charge in [-0.2, -0.15) is 0 Å². The van der Waals surface area contributed by atoms with Gasteiger partial charge in [-0.3, -0.25) is 0 Å². The Hall–Kier alpha value is -1.85. The van der Waals surface area contributed by atoms with Gasteiger partial charge in [0, 0.05) is 22.3 Å². The summed E-state index contributed by atoms with van der Waals surface area (Å²) in [5.41, 5.74) is 9.42. The van der Waals surface area contributed by atoms with Crippen LogP contribution in [0.1, 0.15) is 0 Å². The highest BCUT2D eigenvalue weighted by atomic mass is 79.9. The zero-order chi connectivity index (χ0) is 14.1. The van der Waals surface area contributed by atoms with Gasteiger partial charge in [0.05, 0.1) is 17.6 Å². The minimum absolute atomic E-state index is 0.0729. The first-order valence-electron chi connectivity index (χ1n) is 6.32. The lowest BCUT2D eigenvalue weighted by atomic mass is 10.2. The molecule has 0 radical (unpaired) electrons. The average Bonchev–Trinajstić information content (AvgIpc) is 2.82. The van der Waals surface area contributed by atoms with E-state index >= 15 is 0 Å². The molecule has 5 heteroatoms. The van der Waals surface area contributed by atoms with Gasteiger partial charge in [-0.15, -0.1) is 0 Å². The quantitative estimate of drug-likeness (QED) is 0.725. The van der Waals surface area contributed by atoms with Crippen LogP contribution in [0.2, 0.25) is 0 Å². The maximum atomic E-state index is 9.29. The van der Waals surface area contributed by atoms with Crippen molar-refractivity contribution in [2.24, 2.45) is 0 Å². The maximum absolute atomic E-state index is 9.29. The number of aromatic nitrogens is 2. The van der Waals surface area contributed by atoms with E-state index in [1.54, 1.807) is 0 Å². The van der Waals surface area contributed by atoms with Gasteiger partial charge in [-0.25, -0.2) is 4.98 Å². The Morgan fingerprint density at radius 2 is 2.00 bits per heavy atom. The number of nitrogens with two attached hydrogens (primary N) is 1. The lowest BCUT2D eigenvalue weighted by molar-refractivity contribution is 0.278. The molecule has 20 heavy (non-hydrogen) atoms. The number of imidazole rings is 1. The molecule has 0 aliphatic rings. The van der Waals surface area contributed by atoms with E-state index in [4.69, 9.17) is 5.73 Å². The average molecular weight is 332 g/mol. The monoisotopic (exact) mass is 331 g/mol. The second-order valence-corrected chi connectivity index (χ2v) is 5.39. The second kappa shape index (κ2) is 5.26. The smallest absolute Gasteiger partial charge is 0.141 e. The van der Waals surface area contributed by atoms with Crippen molar-refractivity contribution in [2.75, 3.05) is 12.3 Å². The number of hydrogen-bond donors (Lipinski definition) is 2. The lowest BCUT2D eigenvalue weighted by Gasteiger charge is -2.08. The van der Waals surface area contributed by atoms with E-state index in [0.29, 0.717) is 12.2 Å². The van der Waals surface area contributed by atoms with Gasteiger partial charge in [-0.1, -0.05) is 12.1 Å². The van der Waals surface area contributed by atoms with Crippen LogP contribution in [0.4, 0.5) is 5.69 Å². The Balaban J connectivity index is 2.23. The number of halogens is 1. The third-order valence-corrected chi connectivity index (χ3v) is 3.92. The van der Waals surface area contributed by atoms with Gasteiger partial charge in [0.15, 0.2) is 0 Å². The SMILES string of the molecule is Nc1ccc(-c2nc3ccccc3n2CCO)cc1Br. The topological polar surface area (TPSA) is 64.1 Å². The van der Waals surface area contributed by atoms with Crippen molar-refractivity contribution in [3.05, 3.63) is 46.9 Å². The molecule has 0 aliphatic heterocycles. The molecule has 0 unspecified atom stereocenters. The summed E-state index contributed by atoms with van der Waals surface area (Å²) in [4.78, 5) is 4.66. The Morgan fingerprint density at radius 1 is 1.20 bits per heavy atom. The number of hydrogen-bond acceptors (Lipinski definition) is 3. The Bertz CT molecular complexity index is 767. The van der Waals surface area contributed by atoms with E-state index in [9.17, 15) is 5.11 Å². The fourth-order valence-corrected chi connectivity index (χ4v) is 2.67. The van der Waals surface area contributed by atoms with Gasteiger partial charge in [0.1, 0.15) is 5.82 Å². The van der Waals surface area contributed by atoms with Crippen molar-refractivity contribution < 1.29 is 5.11 Å². The highest BCUT2D eigenvalue weighted by Gasteiger charge is 2.12. The van der Waals surface area contributed by atoms with Crippen LogP contribution in [0.25, 0.3) is 22.4 Å². The number of nitrogen functional groups attached to an aromatic ring is 1. The van der Waals surface area contributed by atoms with Gasteiger partial charge >= 0.3 is 0 Å². The first kappa shape index (κ1) is 13.1. The van der Waals surface area contributed by atoms with Crippen LogP contribution in [0.3, 0.4) is 0 Å². The molecule has 0 aliphatic carbocycles. The molecule has 1 aromatic heterocycles. The summed E-state index contributed by atoms with van der Waals surface area (Å²) in [5.74, 6) is 0.834. The van der Waals surface area contributed by atoms with E-state index in [1.165, 1.54) is 0 Å². The summed E-state index contributed by atoms with van der Waals surface area (Å²) < 4.78 is 2.87. The van der Waals surface area contributed by atoms with Crippen molar-refractivity contribution in [2.45, 2.75) is 6.54 Å². The molecule has 0 saturated heterocycles. The first-order chi connectivity index (χ1) is 9.70. The van der Waals surface area contributed by atoms with Crippen LogP contribution in [0.5, 0.6) is 0 Å². The number of aliphatic hydroxyl groups excluding tert-OH is 1. The Labute approximate surface area is 125 Å². The first-order valence-corrected chi connectivity index (χ1v) is 7.11. The van der Waals surface area contributed by atoms with Crippen molar-refractivity contribution in [1.29, 1.82) is 0 Å². The molecule has 1 heterocycles. The van der Waals surface area contributed by atoms with E-state index in [1.807, 2.05) is 47.0 Å². The molecule has 0 fully saturated rings. The summed E-state index contributed by atoms with van der Waals surface area (Å²) >= 11 is 3.44. The summed E-state index contributed by atoms with van der Waals surface area (Å²) in [6, 6.07) is 13.6.